The number of thioether (sulfide) groups is 1. The van der Waals surface area contributed by atoms with E-state index in [2.05, 4.69) is 22.4 Å². The summed E-state index contributed by atoms with van der Waals surface area (Å²) in [6.45, 7) is 2.19. The monoisotopic (exact) mass is 289 g/mol. The summed E-state index contributed by atoms with van der Waals surface area (Å²) in [5, 5.41) is 11.8. The summed E-state index contributed by atoms with van der Waals surface area (Å²) >= 11 is 2.00. The van der Waals surface area contributed by atoms with Crippen LogP contribution in [0.2, 0.25) is 0 Å². The first-order valence-corrected chi connectivity index (χ1v) is 8.16. The Morgan fingerprint density at radius 3 is 3.25 bits per heavy atom. The molecule has 1 aromatic carbocycles. The molecule has 0 radical (unpaired) electrons. The van der Waals surface area contributed by atoms with E-state index < -0.39 is 0 Å². The third-order valence-corrected chi connectivity index (χ3v) is 5.06. The number of benzene rings is 1. The molecule has 2 unspecified atom stereocenters. The number of aromatic nitrogens is 2. The van der Waals surface area contributed by atoms with E-state index >= 15 is 0 Å². The molecule has 1 fully saturated rings. The molecule has 5 heteroatoms. The number of carbonyl (C=O) groups excluding carboxylic acids is 1. The molecule has 4 nitrogen and oxygen atoms in total. The predicted molar refractivity (Wildman–Crippen MR) is 83.1 cm³/mol. The highest BCUT2D eigenvalue weighted by Gasteiger charge is 2.26. The van der Waals surface area contributed by atoms with Crippen molar-refractivity contribution in [3.05, 3.63) is 30.0 Å². The van der Waals surface area contributed by atoms with Crippen LogP contribution in [0, 0.1) is 0 Å². The van der Waals surface area contributed by atoms with E-state index in [4.69, 9.17) is 0 Å². The molecule has 20 heavy (non-hydrogen) atoms. The minimum atomic E-state index is 0.0219. The fraction of sp³-hybridized carbons (Fsp3) is 0.467. The first kappa shape index (κ1) is 13.5. The molecular weight excluding hydrogens is 270 g/mol. The first-order chi connectivity index (χ1) is 9.76. The van der Waals surface area contributed by atoms with Gasteiger partial charge in [0.2, 0.25) is 0 Å². The zero-order valence-corrected chi connectivity index (χ0v) is 12.4. The predicted octanol–water partition coefficient (Wildman–Crippen LogP) is 2.97. The molecule has 1 heterocycles. The Balaban J connectivity index is 1.64. The number of aromatic amines is 1. The second-order valence-electron chi connectivity index (χ2n) is 5.23. The molecule has 1 aromatic heterocycles. The molecule has 1 aliphatic carbocycles. The first-order valence-electron chi connectivity index (χ1n) is 7.12. The molecule has 0 spiro atoms. The Hall–Kier alpha value is -1.49. The van der Waals surface area contributed by atoms with Crippen LogP contribution in [0.3, 0.4) is 0 Å². The summed E-state index contributed by atoms with van der Waals surface area (Å²) in [6, 6.07) is 5.98. The minimum Gasteiger partial charge on any atom is -0.349 e. The van der Waals surface area contributed by atoms with Crippen LogP contribution < -0.4 is 5.32 Å². The molecule has 1 aliphatic rings. The summed E-state index contributed by atoms with van der Waals surface area (Å²) < 4.78 is 0. The lowest BCUT2D eigenvalue weighted by atomic mass is 10.1. The number of nitrogens with zero attached hydrogens (tertiary/aromatic N) is 1. The Morgan fingerprint density at radius 2 is 2.40 bits per heavy atom. The standard InChI is InChI=1S/C15H19N3OS/c1-2-20-13-6-5-12(8-13)17-15(19)10-3-4-11-9-16-18-14(11)7-10/h3-4,7,9,12-13H,2,5-6,8H2,1H3,(H,16,18)(H,17,19). The largest absolute Gasteiger partial charge is 0.349 e. The third-order valence-electron chi connectivity index (χ3n) is 3.83. The highest BCUT2D eigenvalue weighted by atomic mass is 32.2. The van der Waals surface area contributed by atoms with Crippen LogP contribution in [-0.2, 0) is 0 Å². The maximum Gasteiger partial charge on any atom is 0.251 e. The highest BCUT2D eigenvalue weighted by molar-refractivity contribution is 7.99. The van der Waals surface area contributed by atoms with E-state index in [1.54, 1.807) is 6.20 Å². The Bertz CT molecular complexity index is 610. The minimum absolute atomic E-state index is 0.0219. The van der Waals surface area contributed by atoms with Gasteiger partial charge in [-0.1, -0.05) is 13.0 Å². The lowest BCUT2D eigenvalue weighted by molar-refractivity contribution is 0.0938. The highest BCUT2D eigenvalue weighted by Crippen LogP contribution is 2.29. The second-order valence-corrected chi connectivity index (χ2v) is 6.81. The van der Waals surface area contributed by atoms with Gasteiger partial charge in [0.15, 0.2) is 0 Å². The summed E-state index contributed by atoms with van der Waals surface area (Å²) in [5.74, 6) is 1.18. The molecule has 1 saturated carbocycles. The molecule has 0 bridgehead atoms. The van der Waals surface area contributed by atoms with Crippen molar-refractivity contribution in [2.75, 3.05) is 5.75 Å². The van der Waals surface area contributed by atoms with Gasteiger partial charge in [0.1, 0.15) is 0 Å². The van der Waals surface area contributed by atoms with Gasteiger partial charge in [-0.2, -0.15) is 16.9 Å². The summed E-state index contributed by atoms with van der Waals surface area (Å²) in [5.41, 5.74) is 1.61. The van der Waals surface area contributed by atoms with Crippen molar-refractivity contribution in [1.29, 1.82) is 0 Å². The van der Waals surface area contributed by atoms with Crippen LogP contribution in [0.5, 0.6) is 0 Å². The maximum atomic E-state index is 12.3. The molecular formula is C15H19N3OS. The average molecular weight is 289 g/mol. The average Bonchev–Trinajstić information content (AvgIpc) is 3.07. The fourth-order valence-corrected chi connectivity index (χ4v) is 3.95. The fourth-order valence-electron chi connectivity index (χ4n) is 2.81. The smallest absolute Gasteiger partial charge is 0.251 e. The molecule has 2 aromatic rings. The van der Waals surface area contributed by atoms with E-state index in [1.807, 2.05) is 30.0 Å². The van der Waals surface area contributed by atoms with Gasteiger partial charge >= 0.3 is 0 Å². The van der Waals surface area contributed by atoms with Crippen molar-refractivity contribution in [3.8, 4) is 0 Å². The number of hydrogen-bond donors (Lipinski definition) is 2. The summed E-state index contributed by atoms with van der Waals surface area (Å²) in [7, 11) is 0. The third kappa shape index (κ3) is 2.82. The Morgan fingerprint density at radius 1 is 1.50 bits per heavy atom. The molecule has 0 saturated heterocycles. The quantitative estimate of drug-likeness (QED) is 0.909. The van der Waals surface area contributed by atoms with Crippen molar-refractivity contribution in [2.45, 2.75) is 37.5 Å². The number of H-pyrrole nitrogens is 1. The molecule has 1 amide bonds. The van der Waals surface area contributed by atoms with Gasteiger partial charge in [0.05, 0.1) is 11.7 Å². The zero-order valence-electron chi connectivity index (χ0n) is 11.6. The molecule has 3 rings (SSSR count). The van der Waals surface area contributed by atoms with Gasteiger partial charge in [-0.15, -0.1) is 0 Å². The lowest BCUT2D eigenvalue weighted by Crippen LogP contribution is -2.33. The van der Waals surface area contributed by atoms with Crippen LogP contribution in [0.25, 0.3) is 10.9 Å². The number of carbonyl (C=O) groups is 1. The topological polar surface area (TPSA) is 57.8 Å². The number of amides is 1. The van der Waals surface area contributed by atoms with Crippen molar-refractivity contribution in [3.63, 3.8) is 0 Å². The van der Waals surface area contributed by atoms with Gasteiger partial charge < -0.3 is 5.32 Å². The number of rotatable bonds is 4. The Kier molecular flexibility index (Phi) is 3.96. The number of fused-ring (bicyclic) bond motifs is 1. The second kappa shape index (κ2) is 5.87. The van der Waals surface area contributed by atoms with Crippen LogP contribution >= 0.6 is 11.8 Å². The van der Waals surface area contributed by atoms with E-state index in [0.717, 1.165) is 29.5 Å². The van der Waals surface area contributed by atoms with Crippen LogP contribution in [0.1, 0.15) is 36.5 Å². The van der Waals surface area contributed by atoms with E-state index in [1.165, 1.54) is 6.42 Å². The van der Waals surface area contributed by atoms with E-state index in [9.17, 15) is 4.79 Å². The van der Waals surface area contributed by atoms with Gasteiger partial charge in [0, 0.05) is 22.2 Å². The van der Waals surface area contributed by atoms with Gasteiger partial charge in [-0.05, 0) is 37.1 Å². The van der Waals surface area contributed by atoms with Crippen molar-refractivity contribution in [1.82, 2.24) is 15.5 Å². The van der Waals surface area contributed by atoms with Crippen molar-refractivity contribution >= 4 is 28.6 Å². The van der Waals surface area contributed by atoms with E-state index in [-0.39, 0.29) is 5.91 Å². The lowest BCUT2D eigenvalue weighted by Gasteiger charge is -2.13. The van der Waals surface area contributed by atoms with Crippen LogP contribution in [0.15, 0.2) is 24.4 Å². The van der Waals surface area contributed by atoms with Gasteiger partial charge in [-0.3, -0.25) is 9.89 Å². The Labute approximate surface area is 122 Å². The zero-order chi connectivity index (χ0) is 13.9. The van der Waals surface area contributed by atoms with Crippen molar-refractivity contribution < 1.29 is 4.79 Å². The molecule has 2 N–H and O–H groups in total. The maximum absolute atomic E-state index is 12.3. The number of hydrogen-bond acceptors (Lipinski definition) is 3. The van der Waals surface area contributed by atoms with Crippen molar-refractivity contribution in [2.24, 2.45) is 0 Å². The summed E-state index contributed by atoms with van der Waals surface area (Å²) in [4.78, 5) is 12.3. The molecule has 106 valence electrons. The van der Waals surface area contributed by atoms with E-state index in [0.29, 0.717) is 16.9 Å². The van der Waals surface area contributed by atoms with Gasteiger partial charge in [0.25, 0.3) is 5.91 Å². The molecule has 2 atom stereocenters. The normalized spacial score (nSPS) is 22.2. The number of nitrogens with one attached hydrogen (secondary N) is 2. The van der Waals surface area contributed by atoms with Gasteiger partial charge in [-0.25, -0.2) is 0 Å². The van der Waals surface area contributed by atoms with Crippen LogP contribution in [0.4, 0.5) is 0 Å². The summed E-state index contributed by atoms with van der Waals surface area (Å²) in [6.07, 6.45) is 5.16. The molecule has 0 aliphatic heterocycles. The van der Waals surface area contributed by atoms with Crippen LogP contribution in [-0.4, -0.2) is 33.1 Å². The SMILES string of the molecule is CCSC1CCC(NC(=O)c2ccc3cn[nH]c3c2)C1.